The maximum atomic E-state index is 6.06. The van der Waals surface area contributed by atoms with Gasteiger partial charge in [0.2, 0.25) is 0 Å². The van der Waals surface area contributed by atoms with Crippen LogP contribution >= 0.6 is 0 Å². The van der Waals surface area contributed by atoms with Gasteiger partial charge in [-0.2, -0.15) is 0 Å². The topological polar surface area (TPSA) is 55.3 Å². The van der Waals surface area contributed by atoms with Crippen molar-refractivity contribution < 1.29 is 14.2 Å². The Balaban J connectivity index is 1.93. The van der Waals surface area contributed by atoms with E-state index in [0.29, 0.717) is 19.8 Å². The van der Waals surface area contributed by atoms with Crippen LogP contribution in [0.15, 0.2) is 53.7 Å². The minimum absolute atomic E-state index is 0.0711. The van der Waals surface area contributed by atoms with Crippen LogP contribution < -0.4 is 10.2 Å². The molecule has 1 N–H and O–H groups in total. The summed E-state index contributed by atoms with van der Waals surface area (Å²) in [5, 5.41) is 3.52. The highest BCUT2D eigenvalue weighted by Crippen LogP contribution is 2.35. The van der Waals surface area contributed by atoms with Crippen molar-refractivity contribution in [1.29, 1.82) is 0 Å². The van der Waals surface area contributed by atoms with Crippen molar-refractivity contribution in [3.8, 4) is 0 Å². The van der Waals surface area contributed by atoms with Crippen molar-refractivity contribution in [1.82, 2.24) is 0 Å². The molecule has 6 heteroatoms. The lowest BCUT2D eigenvalue weighted by molar-refractivity contribution is 0.0174. The quantitative estimate of drug-likeness (QED) is 0.574. The SMILES string of the molecule is C=C1/C=C(/C)N=C(CCC)OCCOCCCNc2ccc(N(C)C3CCCCO3)c(c2)C1=C. The Morgan fingerprint density at radius 1 is 1.12 bits per heavy atom. The van der Waals surface area contributed by atoms with Crippen LogP contribution in [0.25, 0.3) is 5.57 Å². The van der Waals surface area contributed by atoms with Gasteiger partial charge in [-0.25, -0.2) is 4.99 Å². The van der Waals surface area contributed by atoms with E-state index < -0.39 is 0 Å². The predicted molar refractivity (Wildman–Crippen MR) is 143 cm³/mol. The third kappa shape index (κ3) is 7.47. The second kappa shape index (κ2) is 13.4. The Kier molecular flexibility index (Phi) is 10.2. The fraction of sp³-hybridized carbons (Fsp3) is 0.536. The van der Waals surface area contributed by atoms with Crippen LogP contribution in [0.1, 0.15) is 57.9 Å². The van der Waals surface area contributed by atoms with Crippen LogP contribution in [-0.4, -0.2) is 52.1 Å². The first-order valence-corrected chi connectivity index (χ1v) is 12.6. The molecule has 0 aliphatic carbocycles. The third-order valence-corrected chi connectivity index (χ3v) is 6.12. The van der Waals surface area contributed by atoms with Crippen LogP contribution in [-0.2, 0) is 14.2 Å². The summed E-state index contributed by atoms with van der Waals surface area (Å²) in [7, 11) is 2.10. The van der Waals surface area contributed by atoms with Crippen LogP contribution in [0.3, 0.4) is 0 Å². The van der Waals surface area contributed by atoms with Gasteiger partial charge in [-0.15, -0.1) is 0 Å². The standard InChI is InChI=1S/C28H41N3O3/c1-6-10-27-30-22(3)19-21(2)23(4)25-20-24(29-14-9-15-32-17-18-33-27)12-13-26(25)31(5)28-11-7-8-16-34-28/h12-13,19-20,28-29H,2,4,6-11,14-18H2,1,3,5H3/b22-19-,30-27?. The summed E-state index contributed by atoms with van der Waals surface area (Å²) in [6.07, 6.45) is 8.06. The Bertz CT molecular complexity index is 900. The maximum Gasteiger partial charge on any atom is 0.188 e. The molecule has 0 spiro atoms. The van der Waals surface area contributed by atoms with Crippen LogP contribution in [0.2, 0.25) is 0 Å². The second-order valence-electron chi connectivity index (χ2n) is 8.95. The molecule has 2 bridgehead atoms. The van der Waals surface area contributed by atoms with Crippen molar-refractivity contribution in [2.45, 2.75) is 58.6 Å². The molecule has 2 aliphatic rings. The molecule has 1 unspecified atom stereocenters. The van der Waals surface area contributed by atoms with Gasteiger partial charge in [0, 0.05) is 55.9 Å². The summed E-state index contributed by atoms with van der Waals surface area (Å²) < 4.78 is 17.7. The molecular weight excluding hydrogens is 426 g/mol. The van der Waals surface area contributed by atoms with Gasteiger partial charge in [-0.1, -0.05) is 20.1 Å². The molecule has 34 heavy (non-hydrogen) atoms. The zero-order valence-electron chi connectivity index (χ0n) is 21.2. The van der Waals surface area contributed by atoms with E-state index in [1.165, 1.54) is 6.42 Å². The van der Waals surface area contributed by atoms with Crippen molar-refractivity contribution in [3.63, 3.8) is 0 Å². The summed E-state index contributed by atoms with van der Waals surface area (Å²) in [5.41, 5.74) is 5.75. The summed E-state index contributed by atoms with van der Waals surface area (Å²) in [5.74, 6) is 0.737. The molecule has 1 saturated heterocycles. The number of aliphatic imine (C=N–C) groups is 1. The molecule has 0 saturated carbocycles. The molecule has 1 atom stereocenters. The highest BCUT2D eigenvalue weighted by Gasteiger charge is 2.22. The van der Waals surface area contributed by atoms with E-state index in [1.807, 2.05) is 13.0 Å². The van der Waals surface area contributed by atoms with Crippen LogP contribution in [0, 0.1) is 0 Å². The maximum absolute atomic E-state index is 6.06. The minimum atomic E-state index is 0.0711. The monoisotopic (exact) mass is 467 g/mol. The minimum Gasteiger partial charge on any atom is -0.478 e. The first-order valence-electron chi connectivity index (χ1n) is 12.6. The van der Waals surface area contributed by atoms with E-state index >= 15 is 0 Å². The van der Waals surface area contributed by atoms with Gasteiger partial charge in [0.05, 0.1) is 6.61 Å². The predicted octanol–water partition coefficient (Wildman–Crippen LogP) is 6.17. The zero-order valence-corrected chi connectivity index (χ0v) is 21.2. The van der Waals surface area contributed by atoms with E-state index in [9.17, 15) is 0 Å². The summed E-state index contributed by atoms with van der Waals surface area (Å²) in [4.78, 5) is 6.95. The van der Waals surface area contributed by atoms with Gasteiger partial charge in [0.1, 0.15) is 12.8 Å². The lowest BCUT2D eigenvalue weighted by atomic mass is 9.96. The Labute approximate surface area is 205 Å². The Morgan fingerprint density at radius 3 is 2.74 bits per heavy atom. The van der Waals surface area contributed by atoms with Crippen LogP contribution in [0.4, 0.5) is 11.4 Å². The fourth-order valence-corrected chi connectivity index (χ4v) is 4.22. The fourth-order valence-electron chi connectivity index (χ4n) is 4.22. The van der Waals surface area contributed by atoms with Crippen molar-refractivity contribution in [2.24, 2.45) is 4.99 Å². The number of rotatable bonds is 4. The molecule has 3 rings (SSSR count). The number of hydrogen-bond acceptors (Lipinski definition) is 6. The summed E-state index contributed by atoms with van der Waals surface area (Å²) in [6, 6.07) is 6.44. The van der Waals surface area contributed by atoms with E-state index in [1.54, 1.807) is 0 Å². The normalized spacial score (nSPS) is 22.5. The highest BCUT2D eigenvalue weighted by atomic mass is 16.5. The second-order valence-corrected chi connectivity index (χ2v) is 8.95. The van der Waals surface area contributed by atoms with Gasteiger partial charge < -0.3 is 24.4 Å². The molecule has 186 valence electrons. The largest absolute Gasteiger partial charge is 0.478 e. The first kappa shape index (κ1) is 26.0. The smallest absolute Gasteiger partial charge is 0.188 e. The van der Waals surface area contributed by atoms with Crippen molar-refractivity contribution >= 4 is 22.8 Å². The molecular formula is C28H41N3O3. The van der Waals surface area contributed by atoms with Gasteiger partial charge in [-0.05, 0) is 74.4 Å². The molecule has 0 aromatic heterocycles. The Hall–Kier alpha value is -2.57. The molecule has 1 aromatic carbocycles. The van der Waals surface area contributed by atoms with E-state index in [0.717, 1.165) is 84.9 Å². The summed E-state index contributed by atoms with van der Waals surface area (Å²) >= 11 is 0. The Morgan fingerprint density at radius 2 is 1.97 bits per heavy atom. The average molecular weight is 468 g/mol. The molecule has 2 heterocycles. The number of hydrogen-bond donors (Lipinski definition) is 1. The van der Waals surface area contributed by atoms with E-state index in [2.05, 4.69) is 55.5 Å². The molecule has 1 aromatic rings. The molecule has 0 radical (unpaired) electrons. The van der Waals surface area contributed by atoms with Gasteiger partial charge in [0.15, 0.2) is 5.90 Å². The van der Waals surface area contributed by atoms with Crippen LogP contribution in [0.5, 0.6) is 0 Å². The van der Waals surface area contributed by atoms with Gasteiger partial charge in [-0.3, -0.25) is 0 Å². The third-order valence-electron chi connectivity index (χ3n) is 6.12. The number of benzene rings is 1. The number of nitrogens with zero attached hydrogens (tertiary/aromatic N) is 2. The molecule has 1 fully saturated rings. The van der Waals surface area contributed by atoms with E-state index in [-0.39, 0.29) is 6.23 Å². The van der Waals surface area contributed by atoms with Gasteiger partial charge >= 0.3 is 0 Å². The summed E-state index contributed by atoms with van der Waals surface area (Å²) in [6.45, 7) is 16.2. The first-order chi connectivity index (χ1) is 16.5. The molecule has 2 aliphatic heterocycles. The number of fused-ring (bicyclic) bond motifs is 2. The number of nitrogens with one attached hydrogen (secondary N) is 1. The molecule has 0 amide bonds. The van der Waals surface area contributed by atoms with Crippen molar-refractivity contribution in [2.75, 3.05) is 50.2 Å². The zero-order chi connectivity index (χ0) is 24.3. The number of ether oxygens (including phenoxy) is 3. The average Bonchev–Trinajstić information content (AvgIpc) is 2.84. The lowest BCUT2D eigenvalue weighted by Crippen LogP contribution is -2.37. The molecule has 6 nitrogen and oxygen atoms in total. The van der Waals surface area contributed by atoms with Gasteiger partial charge in [0.25, 0.3) is 0 Å². The number of allylic oxidation sites excluding steroid dienone is 4. The number of anilines is 2. The van der Waals surface area contributed by atoms with E-state index in [4.69, 9.17) is 19.2 Å². The lowest BCUT2D eigenvalue weighted by Gasteiger charge is -2.34. The highest BCUT2D eigenvalue weighted by molar-refractivity contribution is 5.88. The van der Waals surface area contributed by atoms with Crippen molar-refractivity contribution in [3.05, 3.63) is 54.3 Å².